The Kier molecular flexibility index (Phi) is 4.74. The summed E-state index contributed by atoms with van der Waals surface area (Å²) >= 11 is 5.89. The summed E-state index contributed by atoms with van der Waals surface area (Å²) in [5.41, 5.74) is -0.449. The van der Waals surface area contributed by atoms with E-state index in [1.54, 1.807) is 18.2 Å². The minimum Gasteiger partial charge on any atom is -0.454 e. The number of benzene rings is 2. The zero-order valence-electron chi connectivity index (χ0n) is 15.1. The van der Waals surface area contributed by atoms with Crippen molar-refractivity contribution in [2.24, 2.45) is 5.41 Å². The van der Waals surface area contributed by atoms with Crippen LogP contribution < -0.4 is 9.47 Å². The molecule has 0 N–H and O–H groups in total. The summed E-state index contributed by atoms with van der Waals surface area (Å²) in [5, 5.41) is 9.49. The van der Waals surface area contributed by atoms with Gasteiger partial charge < -0.3 is 14.2 Å². The highest BCUT2D eigenvalue weighted by molar-refractivity contribution is 7.92. The minimum absolute atomic E-state index is 0.0383. The van der Waals surface area contributed by atoms with Gasteiger partial charge in [0.2, 0.25) is 6.79 Å². The first-order chi connectivity index (χ1) is 13.4. The van der Waals surface area contributed by atoms with Gasteiger partial charge in [-0.15, -0.1) is 0 Å². The van der Waals surface area contributed by atoms with E-state index in [1.807, 2.05) is 6.92 Å². The third-order valence-electron chi connectivity index (χ3n) is 5.24. The van der Waals surface area contributed by atoms with Crippen LogP contribution in [0.15, 0.2) is 47.4 Å². The molecule has 2 aromatic carbocycles. The Labute approximate surface area is 168 Å². The quantitative estimate of drug-likeness (QED) is 0.711. The van der Waals surface area contributed by atoms with E-state index in [2.05, 4.69) is 6.07 Å². The second-order valence-electron chi connectivity index (χ2n) is 6.80. The lowest BCUT2D eigenvalue weighted by molar-refractivity contribution is 0.117. The van der Waals surface area contributed by atoms with Gasteiger partial charge in [-0.25, -0.2) is 8.42 Å². The molecule has 1 fully saturated rings. The predicted octanol–water partition coefficient (Wildman–Crippen LogP) is 3.55. The van der Waals surface area contributed by atoms with Gasteiger partial charge in [0.25, 0.3) is 0 Å². The van der Waals surface area contributed by atoms with E-state index in [-0.39, 0.29) is 18.3 Å². The molecule has 0 saturated heterocycles. The molecule has 0 unspecified atom stereocenters. The summed E-state index contributed by atoms with van der Waals surface area (Å²) < 4.78 is 43.0. The van der Waals surface area contributed by atoms with Crippen LogP contribution in [0, 0.1) is 16.7 Å². The van der Waals surface area contributed by atoms with E-state index in [4.69, 9.17) is 25.8 Å². The highest BCUT2D eigenvalue weighted by Gasteiger charge is 2.72. The maximum absolute atomic E-state index is 13.4. The molecule has 28 heavy (non-hydrogen) atoms. The number of ether oxygens (including phenoxy) is 3. The van der Waals surface area contributed by atoms with Gasteiger partial charge in [0.15, 0.2) is 21.3 Å². The minimum atomic E-state index is -3.78. The fraction of sp³-hybridized carbons (Fsp3) is 0.350. The first-order valence-corrected chi connectivity index (χ1v) is 10.7. The number of nitrogens with zero attached hydrogens (tertiary/aromatic N) is 1. The van der Waals surface area contributed by atoms with Crippen molar-refractivity contribution in [3.63, 3.8) is 0 Å². The molecule has 1 aliphatic heterocycles. The topological polar surface area (TPSA) is 85.6 Å². The molecule has 146 valence electrons. The van der Waals surface area contributed by atoms with Crippen LogP contribution in [0.5, 0.6) is 11.5 Å². The summed E-state index contributed by atoms with van der Waals surface area (Å²) in [6.07, 6.45) is 0. The van der Waals surface area contributed by atoms with Crippen LogP contribution in [0.3, 0.4) is 0 Å². The van der Waals surface area contributed by atoms with Crippen molar-refractivity contribution >= 4 is 21.4 Å². The maximum Gasteiger partial charge on any atom is 0.231 e. The van der Waals surface area contributed by atoms with E-state index < -0.39 is 26.4 Å². The fourth-order valence-electron chi connectivity index (χ4n) is 3.82. The van der Waals surface area contributed by atoms with Crippen molar-refractivity contribution in [2.45, 2.75) is 23.0 Å². The Morgan fingerprint density at radius 3 is 2.61 bits per heavy atom. The number of nitriles is 1. The average molecular weight is 420 g/mol. The van der Waals surface area contributed by atoms with Crippen LogP contribution in [0.4, 0.5) is 0 Å². The van der Waals surface area contributed by atoms with Crippen LogP contribution in [0.2, 0.25) is 5.02 Å². The number of halogens is 1. The summed E-state index contributed by atoms with van der Waals surface area (Å²) in [7, 11) is -3.78. The fourth-order valence-corrected chi connectivity index (χ4v) is 6.25. The van der Waals surface area contributed by atoms with Crippen molar-refractivity contribution in [1.82, 2.24) is 0 Å². The molecule has 1 saturated carbocycles. The average Bonchev–Trinajstić information content (AvgIpc) is 3.15. The zero-order chi connectivity index (χ0) is 19.9. The van der Waals surface area contributed by atoms with Crippen molar-refractivity contribution in [1.29, 1.82) is 5.26 Å². The van der Waals surface area contributed by atoms with E-state index in [1.165, 1.54) is 24.3 Å². The first kappa shape index (κ1) is 19.1. The van der Waals surface area contributed by atoms with Crippen LogP contribution >= 0.6 is 11.6 Å². The number of sulfone groups is 1. The van der Waals surface area contributed by atoms with Gasteiger partial charge in [-0.1, -0.05) is 17.7 Å². The van der Waals surface area contributed by atoms with Crippen molar-refractivity contribution in [3.8, 4) is 17.6 Å². The first-order valence-electron chi connectivity index (χ1n) is 8.82. The van der Waals surface area contributed by atoms with Gasteiger partial charge >= 0.3 is 0 Å². The maximum atomic E-state index is 13.4. The third kappa shape index (κ3) is 2.93. The van der Waals surface area contributed by atoms with Gasteiger partial charge in [-0.2, -0.15) is 5.26 Å². The lowest BCUT2D eigenvalue weighted by Crippen LogP contribution is -2.19. The van der Waals surface area contributed by atoms with Crippen LogP contribution in [-0.2, 0) is 14.6 Å². The summed E-state index contributed by atoms with van der Waals surface area (Å²) in [4.78, 5) is 0.140. The molecule has 8 heteroatoms. The van der Waals surface area contributed by atoms with Gasteiger partial charge in [0.05, 0.1) is 22.8 Å². The van der Waals surface area contributed by atoms with Gasteiger partial charge in [0.1, 0.15) is 5.41 Å². The molecule has 0 spiro atoms. The van der Waals surface area contributed by atoms with E-state index in [0.29, 0.717) is 28.7 Å². The van der Waals surface area contributed by atoms with E-state index in [9.17, 15) is 13.7 Å². The molecule has 1 aliphatic carbocycles. The Bertz CT molecular complexity index is 1050. The molecule has 2 aromatic rings. The molecule has 2 aliphatic rings. The molecule has 1 heterocycles. The monoisotopic (exact) mass is 419 g/mol. The normalized spacial score (nSPS) is 25.3. The van der Waals surface area contributed by atoms with E-state index >= 15 is 0 Å². The molecule has 0 radical (unpaired) electrons. The summed E-state index contributed by atoms with van der Waals surface area (Å²) in [5.74, 6) is 0.628. The smallest absolute Gasteiger partial charge is 0.231 e. The molecule has 0 aromatic heterocycles. The standard InChI is InChI=1S/C20H18ClNO5S/c1-2-25-11-20(10-22)18(13-3-8-16-17(9-13)27-12-26-16)19(20)28(23,24)15-6-4-14(21)5-7-15/h3-9,18-19H,2,11-12H2,1H3/t18-,19-,20-/m1/s1. The van der Waals surface area contributed by atoms with Crippen LogP contribution in [0.1, 0.15) is 18.4 Å². The number of hydrogen-bond donors (Lipinski definition) is 0. The molecule has 3 atom stereocenters. The SMILES string of the molecule is CCOC[C@]1(C#N)[C@H](c2ccc3c(c2)OCO3)[C@H]1S(=O)(=O)c1ccc(Cl)cc1. The Hall–Kier alpha value is -2.27. The van der Waals surface area contributed by atoms with Crippen molar-refractivity contribution in [3.05, 3.63) is 53.1 Å². The second kappa shape index (κ2) is 6.96. The number of fused-ring (bicyclic) bond motifs is 1. The lowest BCUT2D eigenvalue weighted by atomic mass is 10.0. The van der Waals surface area contributed by atoms with Crippen LogP contribution in [-0.4, -0.2) is 33.7 Å². The third-order valence-corrected chi connectivity index (χ3v) is 7.78. The van der Waals surface area contributed by atoms with Gasteiger partial charge in [0, 0.05) is 17.5 Å². The zero-order valence-corrected chi connectivity index (χ0v) is 16.7. The molecule has 0 bridgehead atoms. The predicted molar refractivity (Wildman–Crippen MR) is 102 cm³/mol. The Morgan fingerprint density at radius 2 is 1.93 bits per heavy atom. The number of hydrogen-bond acceptors (Lipinski definition) is 6. The summed E-state index contributed by atoms with van der Waals surface area (Å²) in [6, 6.07) is 13.5. The second-order valence-corrected chi connectivity index (χ2v) is 9.30. The van der Waals surface area contributed by atoms with E-state index in [0.717, 1.165) is 0 Å². The highest BCUT2D eigenvalue weighted by atomic mass is 35.5. The molecular formula is C20H18ClNO5S. The lowest BCUT2D eigenvalue weighted by Gasteiger charge is -2.10. The van der Waals surface area contributed by atoms with Gasteiger partial charge in [-0.3, -0.25) is 0 Å². The Morgan fingerprint density at radius 1 is 1.21 bits per heavy atom. The van der Waals surface area contributed by atoms with Crippen molar-refractivity contribution < 1.29 is 22.6 Å². The molecule has 6 nitrogen and oxygen atoms in total. The van der Waals surface area contributed by atoms with Gasteiger partial charge in [-0.05, 0) is 48.9 Å². The van der Waals surface area contributed by atoms with Crippen LogP contribution in [0.25, 0.3) is 0 Å². The number of rotatable bonds is 6. The summed E-state index contributed by atoms with van der Waals surface area (Å²) in [6.45, 7) is 2.37. The molecular weight excluding hydrogens is 402 g/mol. The molecule has 4 rings (SSSR count). The van der Waals surface area contributed by atoms with Crippen molar-refractivity contribution in [2.75, 3.05) is 20.0 Å². The Balaban J connectivity index is 1.77. The largest absolute Gasteiger partial charge is 0.454 e. The highest BCUT2D eigenvalue weighted by Crippen LogP contribution is 2.64. The molecule has 0 amide bonds.